The third-order valence-corrected chi connectivity index (χ3v) is 5.43. The van der Waals surface area contributed by atoms with Crippen LogP contribution in [0.2, 0.25) is 0 Å². The monoisotopic (exact) mass is 331 g/mol. The Bertz CT molecular complexity index is 593. The number of aryl methyl sites for hydroxylation is 2. The van der Waals surface area contributed by atoms with Crippen LogP contribution >= 0.6 is 0 Å². The molecule has 5 nitrogen and oxygen atoms in total. The Labute approximate surface area is 144 Å². The molecule has 132 valence electrons. The van der Waals surface area contributed by atoms with Crippen molar-refractivity contribution in [2.24, 2.45) is 18.9 Å². The van der Waals surface area contributed by atoms with Gasteiger partial charge in [0, 0.05) is 45.3 Å². The normalized spacial score (nSPS) is 23.1. The molecule has 2 atom stereocenters. The van der Waals surface area contributed by atoms with E-state index in [9.17, 15) is 4.79 Å². The highest BCUT2D eigenvalue weighted by molar-refractivity contribution is 5.79. The number of methoxy groups -OCH3 is 1. The first-order valence-electron chi connectivity index (χ1n) is 9.11. The summed E-state index contributed by atoms with van der Waals surface area (Å²) in [6.45, 7) is 2.17. The van der Waals surface area contributed by atoms with E-state index in [0.717, 1.165) is 38.6 Å². The SMILES string of the molecule is COCCN(CC1CC=CCC1)C(=O)C1CCc2cnn(C)c2C1. The van der Waals surface area contributed by atoms with Gasteiger partial charge in [-0.05, 0) is 43.6 Å². The molecule has 0 spiro atoms. The number of rotatable bonds is 6. The van der Waals surface area contributed by atoms with Crippen LogP contribution in [0.15, 0.2) is 18.3 Å². The maximum Gasteiger partial charge on any atom is 0.226 e. The summed E-state index contributed by atoms with van der Waals surface area (Å²) in [7, 11) is 3.68. The van der Waals surface area contributed by atoms with Gasteiger partial charge in [0.2, 0.25) is 5.91 Å². The Balaban J connectivity index is 1.66. The summed E-state index contributed by atoms with van der Waals surface area (Å²) in [5.41, 5.74) is 2.54. The largest absolute Gasteiger partial charge is 0.383 e. The molecule has 0 aliphatic heterocycles. The number of allylic oxidation sites excluding steroid dienone is 2. The molecule has 1 aromatic heterocycles. The van der Waals surface area contributed by atoms with E-state index in [4.69, 9.17) is 4.74 Å². The number of hydrogen-bond acceptors (Lipinski definition) is 3. The van der Waals surface area contributed by atoms with Crippen LogP contribution in [0.25, 0.3) is 0 Å². The van der Waals surface area contributed by atoms with Gasteiger partial charge in [0.05, 0.1) is 12.8 Å². The van der Waals surface area contributed by atoms with Crippen molar-refractivity contribution in [1.29, 1.82) is 0 Å². The van der Waals surface area contributed by atoms with Gasteiger partial charge in [0.15, 0.2) is 0 Å². The summed E-state index contributed by atoms with van der Waals surface area (Å²) < 4.78 is 7.17. The van der Waals surface area contributed by atoms with Crippen molar-refractivity contribution in [3.05, 3.63) is 29.6 Å². The topological polar surface area (TPSA) is 47.4 Å². The Morgan fingerprint density at radius 1 is 1.42 bits per heavy atom. The van der Waals surface area contributed by atoms with Gasteiger partial charge in [-0.1, -0.05) is 12.2 Å². The van der Waals surface area contributed by atoms with Crippen molar-refractivity contribution < 1.29 is 9.53 Å². The summed E-state index contributed by atoms with van der Waals surface area (Å²) in [6, 6.07) is 0. The first-order chi connectivity index (χ1) is 11.7. The summed E-state index contributed by atoms with van der Waals surface area (Å²) in [5, 5.41) is 4.34. The molecular weight excluding hydrogens is 302 g/mol. The molecule has 0 saturated heterocycles. The number of amides is 1. The minimum atomic E-state index is 0.0869. The Morgan fingerprint density at radius 3 is 3.04 bits per heavy atom. The fraction of sp³-hybridized carbons (Fsp3) is 0.684. The predicted molar refractivity (Wildman–Crippen MR) is 93.7 cm³/mol. The number of fused-ring (bicyclic) bond motifs is 1. The number of hydrogen-bond donors (Lipinski definition) is 0. The van der Waals surface area contributed by atoms with E-state index < -0.39 is 0 Å². The fourth-order valence-corrected chi connectivity index (χ4v) is 3.94. The van der Waals surface area contributed by atoms with E-state index in [1.165, 1.54) is 17.7 Å². The molecule has 2 aliphatic carbocycles. The van der Waals surface area contributed by atoms with Crippen LogP contribution in [0.3, 0.4) is 0 Å². The lowest BCUT2D eigenvalue weighted by Crippen LogP contribution is -2.43. The maximum atomic E-state index is 13.1. The van der Waals surface area contributed by atoms with Gasteiger partial charge in [0.25, 0.3) is 0 Å². The second kappa shape index (κ2) is 7.97. The molecule has 2 unspecified atom stereocenters. The summed E-state index contributed by atoms with van der Waals surface area (Å²) in [5.74, 6) is 0.976. The molecular formula is C19H29N3O2. The number of nitrogens with zero attached hydrogens (tertiary/aromatic N) is 3. The van der Waals surface area contributed by atoms with Gasteiger partial charge in [-0.25, -0.2) is 0 Å². The Hall–Kier alpha value is -1.62. The highest BCUT2D eigenvalue weighted by Crippen LogP contribution is 2.27. The molecule has 0 saturated carbocycles. The molecule has 0 radical (unpaired) electrons. The van der Waals surface area contributed by atoms with E-state index in [2.05, 4.69) is 22.2 Å². The van der Waals surface area contributed by atoms with Crippen molar-refractivity contribution in [3.8, 4) is 0 Å². The average Bonchev–Trinajstić information content (AvgIpc) is 2.99. The zero-order valence-electron chi connectivity index (χ0n) is 14.9. The second-order valence-corrected chi connectivity index (χ2v) is 7.11. The average molecular weight is 331 g/mol. The number of aromatic nitrogens is 2. The number of carbonyl (C=O) groups is 1. The Morgan fingerprint density at radius 2 is 2.29 bits per heavy atom. The molecule has 1 amide bonds. The Kier molecular flexibility index (Phi) is 5.72. The van der Waals surface area contributed by atoms with Gasteiger partial charge in [-0.15, -0.1) is 0 Å². The van der Waals surface area contributed by atoms with E-state index in [-0.39, 0.29) is 5.92 Å². The van der Waals surface area contributed by atoms with Crippen molar-refractivity contribution in [2.45, 2.75) is 38.5 Å². The molecule has 1 heterocycles. The van der Waals surface area contributed by atoms with Gasteiger partial charge < -0.3 is 9.64 Å². The maximum absolute atomic E-state index is 13.1. The van der Waals surface area contributed by atoms with Crippen LogP contribution < -0.4 is 0 Å². The summed E-state index contributed by atoms with van der Waals surface area (Å²) >= 11 is 0. The highest BCUT2D eigenvalue weighted by atomic mass is 16.5. The molecule has 1 aromatic rings. The van der Waals surface area contributed by atoms with Gasteiger partial charge >= 0.3 is 0 Å². The van der Waals surface area contributed by atoms with E-state index >= 15 is 0 Å². The van der Waals surface area contributed by atoms with Crippen LogP contribution in [0, 0.1) is 11.8 Å². The lowest BCUT2D eigenvalue weighted by Gasteiger charge is -2.32. The predicted octanol–water partition coefficient (Wildman–Crippen LogP) is 2.36. The third kappa shape index (κ3) is 3.89. The van der Waals surface area contributed by atoms with Crippen molar-refractivity contribution in [2.75, 3.05) is 26.8 Å². The molecule has 24 heavy (non-hydrogen) atoms. The molecule has 3 rings (SSSR count). The summed E-state index contributed by atoms with van der Waals surface area (Å²) in [4.78, 5) is 15.2. The van der Waals surface area contributed by atoms with Crippen LogP contribution in [0.4, 0.5) is 0 Å². The van der Waals surface area contributed by atoms with Crippen LogP contribution in [0.5, 0.6) is 0 Å². The van der Waals surface area contributed by atoms with Crippen molar-refractivity contribution in [3.63, 3.8) is 0 Å². The molecule has 5 heteroatoms. The first kappa shape index (κ1) is 17.2. The highest BCUT2D eigenvalue weighted by Gasteiger charge is 2.31. The van der Waals surface area contributed by atoms with E-state index in [0.29, 0.717) is 25.0 Å². The number of ether oxygens (including phenoxy) is 1. The zero-order valence-corrected chi connectivity index (χ0v) is 14.9. The van der Waals surface area contributed by atoms with Crippen LogP contribution in [0.1, 0.15) is 36.9 Å². The molecule has 0 fully saturated rings. The lowest BCUT2D eigenvalue weighted by molar-refractivity contribution is -0.137. The fourth-order valence-electron chi connectivity index (χ4n) is 3.94. The van der Waals surface area contributed by atoms with Gasteiger partial charge in [0.1, 0.15) is 0 Å². The van der Waals surface area contributed by atoms with Crippen molar-refractivity contribution in [1.82, 2.24) is 14.7 Å². The van der Waals surface area contributed by atoms with E-state index in [1.54, 1.807) is 7.11 Å². The number of carbonyl (C=O) groups excluding carboxylic acids is 1. The van der Waals surface area contributed by atoms with Gasteiger partial charge in [-0.2, -0.15) is 5.10 Å². The zero-order chi connectivity index (χ0) is 16.9. The quantitative estimate of drug-likeness (QED) is 0.752. The lowest BCUT2D eigenvalue weighted by atomic mass is 9.86. The summed E-state index contributed by atoms with van der Waals surface area (Å²) in [6.07, 6.45) is 12.6. The second-order valence-electron chi connectivity index (χ2n) is 7.11. The van der Waals surface area contributed by atoms with Gasteiger partial charge in [-0.3, -0.25) is 9.48 Å². The molecule has 0 N–H and O–H groups in total. The van der Waals surface area contributed by atoms with Crippen LogP contribution in [-0.4, -0.2) is 47.4 Å². The van der Waals surface area contributed by atoms with E-state index in [1.807, 2.05) is 17.9 Å². The minimum Gasteiger partial charge on any atom is -0.383 e. The molecule has 0 aromatic carbocycles. The smallest absolute Gasteiger partial charge is 0.226 e. The standard InChI is InChI=1S/C19H29N3O2/c1-21-18-12-16(8-9-17(18)13-20-21)19(23)22(10-11-24-2)14-15-6-4-3-5-7-15/h3-4,13,15-16H,5-12,14H2,1-2H3. The third-order valence-electron chi connectivity index (χ3n) is 5.43. The van der Waals surface area contributed by atoms with Crippen molar-refractivity contribution >= 4 is 5.91 Å². The molecule has 0 bridgehead atoms. The first-order valence-corrected chi connectivity index (χ1v) is 9.11. The van der Waals surface area contributed by atoms with Crippen LogP contribution in [-0.2, 0) is 29.4 Å². The molecule has 2 aliphatic rings. The minimum absolute atomic E-state index is 0.0869.